The molecule has 0 saturated carbocycles. The molecule has 1 aromatic carbocycles. The first-order chi connectivity index (χ1) is 11.3. The third kappa shape index (κ3) is 3.49. The second kappa shape index (κ2) is 6.65. The molecule has 8 heteroatoms. The smallest absolute Gasteiger partial charge is 0.316 e. The van der Waals surface area contributed by atoms with Crippen LogP contribution in [0.3, 0.4) is 0 Å². The van der Waals surface area contributed by atoms with E-state index in [1.54, 1.807) is 7.11 Å². The molecule has 0 unspecified atom stereocenters. The van der Waals surface area contributed by atoms with Crippen LogP contribution in [0.15, 0.2) is 47.4 Å². The predicted octanol–water partition coefficient (Wildman–Crippen LogP) is 1.47. The van der Waals surface area contributed by atoms with Crippen molar-refractivity contribution in [3.8, 4) is 17.3 Å². The van der Waals surface area contributed by atoms with Gasteiger partial charge in [0.15, 0.2) is 0 Å². The number of benzene rings is 1. The highest BCUT2D eigenvalue weighted by Gasteiger charge is 2.16. The second-order valence-corrected chi connectivity index (χ2v) is 4.55. The van der Waals surface area contributed by atoms with Gasteiger partial charge >= 0.3 is 11.8 Å². The molecule has 0 radical (unpaired) electrons. The minimum atomic E-state index is -0.463. The van der Waals surface area contributed by atoms with Gasteiger partial charge in [0, 0.05) is 18.9 Å². The molecule has 116 valence electrons. The van der Waals surface area contributed by atoms with Crippen molar-refractivity contribution in [3.05, 3.63) is 54.3 Å². The topological polar surface area (TPSA) is 103 Å². The number of carbonyl (C=O) groups excluding carboxylic acids is 1. The van der Waals surface area contributed by atoms with Gasteiger partial charge in [0.1, 0.15) is 11.4 Å². The van der Waals surface area contributed by atoms with Crippen molar-refractivity contribution in [2.75, 3.05) is 7.11 Å². The van der Waals surface area contributed by atoms with Crippen LogP contribution in [0.25, 0.3) is 11.5 Å². The molecule has 2 aromatic heterocycles. The van der Waals surface area contributed by atoms with Gasteiger partial charge in [-0.25, -0.2) is 4.98 Å². The first-order valence-electron chi connectivity index (χ1n) is 6.77. The van der Waals surface area contributed by atoms with E-state index in [2.05, 4.69) is 25.4 Å². The van der Waals surface area contributed by atoms with Crippen molar-refractivity contribution in [2.45, 2.75) is 6.54 Å². The summed E-state index contributed by atoms with van der Waals surface area (Å²) in [7, 11) is 1.59. The maximum Gasteiger partial charge on any atom is 0.316 e. The van der Waals surface area contributed by atoms with Crippen LogP contribution in [0.5, 0.6) is 5.75 Å². The molecule has 2 heterocycles. The number of rotatable bonds is 5. The Kier molecular flexibility index (Phi) is 4.23. The first-order valence-corrected chi connectivity index (χ1v) is 6.77. The van der Waals surface area contributed by atoms with E-state index in [1.807, 2.05) is 24.3 Å². The number of carbonyl (C=O) groups is 1. The average Bonchev–Trinajstić information content (AvgIpc) is 3.11. The highest BCUT2D eigenvalue weighted by Crippen LogP contribution is 2.13. The van der Waals surface area contributed by atoms with Gasteiger partial charge in [-0.2, -0.15) is 4.98 Å². The number of hydrogen-bond acceptors (Lipinski definition) is 7. The van der Waals surface area contributed by atoms with Crippen molar-refractivity contribution in [3.63, 3.8) is 0 Å². The third-order valence-electron chi connectivity index (χ3n) is 3.00. The summed E-state index contributed by atoms with van der Waals surface area (Å²) in [6.07, 6.45) is 4.53. The summed E-state index contributed by atoms with van der Waals surface area (Å²) in [6, 6.07) is 7.39. The molecule has 0 bridgehead atoms. The lowest BCUT2D eigenvalue weighted by atomic mass is 10.2. The molecule has 0 aliphatic heterocycles. The molecule has 0 aliphatic carbocycles. The van der Waals surface area contributed by atoms with Gasteiger partial charge in [-0.15, -0.1) is 0 Å². The Bertz CT molecular complexity index is 804. The molecule has 23 heavy (non-hydrogen) atoms. The SMILES string of the molecule is COc1cccc(CNC(=O)c2nc(-c3cnccn3)no2)c1. The predicted molar refractivity (Wildman–Crippen MR) is 79.5 cm³/mol. The summed E-state index contributed by atoms with van der Waals surface area (Å²) in [5.41, 5.74) is 1.33. The van der Waals surface area contributed by atoms with Crippen LogP contribution < -0.4 is 10.1 Å². The van der Waals surface area contributed by atoms with Crippen LogP contribution in [-0.4, -0.2) is 33.1 Å². The van der Waals surface area contributed by atoms with Crippen LogP contribution in [0.4, 0.5) is 0 Å². The van der Waals surface area contributed by atoms with Crippen LogP contribution >= 0.6 is 0 Å². The summed E-state index contributed by atoms with van der Waals surface area (Å²) in [6.45, 7) is 0.318. The number of nitrogens with one attached hydrogen (secondary N) is 1. The lowest BCUT2D eigenvalue weighted by Gasteiger charge is -2.04. The van der Waals surface area contributed by atoms with Crippen LogP contribution in [0.1, 0.15) is 16.2 Å². The molecule has 8 nitrogen and oxygen atoms in total. The second-order valence-electron chi connectivity index (χ2n) is 4.55. The van der Waals surface area contributed by atoms with Gasteiger partial charge < -0.3 is 14.6 Å². The monoisotopic (exact) mass is 311 g/mol. The summed E-state index contributed by atoms with van der Waals surface area (Å²) in [5, 5.41) is 6.43. The van der Waals surface area contributed by atoms with Gasteiger partial charge in [-0.3, -0.25) is 9.78 Å². The zero-order valence-electron chi connectivity index (χ0n) is 12.3. The number of hydrogen-bond donors (Lipinski definition) is 1. The fourth-order valence-electron chi connectivity index (χ4n) is 1.87. The normalized spacial score (nSPS) is 10.3. The fourth-order valence-corrected chi connectivity index (χ4v) is 1.87. The molecule has 0 aliphatic rings. The Morgan fingerprint density at radius 2 is 2.26 bits per heavy atom. The van der Waals surface area contributed by atoms with E-state index in [1.165, 1.54) is 18.6 Å². The Hall–Kier alpha value is -3.29. The van der Waals surface area contributed by atoms with Crippen LogP contribution in [0, 0.1) is 0 Å². The minimum absolute atomic E-state index is 0.131. The number of aromatic nitrogens is 4. The van der Waals surface area contributed by atoms with E-state index < -0.39 is 5.91 Å². The van der Waals surface area contributed by atoms with Gasteiger partial charge in [0.2, 0.25) is 5.82 Å². The van der Waals surface area contributed by atoms with Gasteiger partial charge in [0.05, 0.1) is 13.3 Å². The Morgan fingerprint density at radius 3 is 3.04 bits per heavy atom. The summed E-state index contributed by atoms with van der Waals surface area (Å²) in [4.78, 5) is 24.0. The molecule has 0 atom stereocenters. The first kappa shape index (κ1) is 14.6. The Balaban J connectivity index is 1.66. The lowest BCUT2D eigenvalue weighted by molar-refractivity contribution is 0.0907. The Morgan fingerprint density at radius 1 is 1.35 bits per heavy atom. The van der Waals surface area contributed by atoms with Gasteiger partial charge in [-0.05, 0) is 17.7 Å². The van der Waals surface area contributed by atoms with Crippen molar-refractivity contribution in [1.29, 1.82) is 0 Å². The summed E-state index contributed by atoms with van der Waals surface area (Å²) in [5.74, 6) is 0.341. The molecule has 3 aromatic rings. The minimum Gasteiger partial charge on any atom is -0.497 e. The largest absolute Gasteiger partial charge is 0.497 e. The highest BCUT2D eigenvalue weighted by molar-refractivity contribution is 5.89. The van der Waals surface area contributed by atoms with E-state index >= 15 is 0 Å². The van der Waals surface area contributed by atoms with E-state index in [0.29, 0.717) is 12.2 Å². The van der Waals surface area contributed by atoms with Crippen LogP contribution in [-0.2, 0) is 6.54 Å². The molecule has 1 N–H and O–H groups in total. The number of nitrogens with zero attached hydrogens (tertiary/aromatic N) is 4. The molecule has 0 spiro atoms. The van der Waals surface area contributed by atoms with E-state index in [-0.39, 0.29) is 11.7 Å². The van der Waals surface area contributed by atoms with Crippen molar-refractivity contribution < 1.29 is 14.1 Å². The van der Waals surface area contributed by atoms with Crippen molar-refractivity contribution >= 4 is 5.91 Å². The average molecular weight is 311 g/mol. The maximum atomic E-state index is 12.0. The molecular weight excluding hydrogens is 298 g/mol. The fraction of sp³-hybridized carbons (Fsp3) is 0.133. The van der Waals surface area contributed by atoms with Crippen LogP contribution in [0.2, 0.25) is 0 Å². The van der Waals surface area contributed by atoms with Crippen molar-refractivity contribution in [2.24, 2.45) is 0 Å². The zero-order chi connectivity index (χ0) is 16.1. The number of ether oxygens (including phenoxy) is 1. The maximum absolute atomic E-state index is 12.0. The third-order valence-corrected chi connectivity index (χ3v) is 3.00. The summed E-state index contributed by atoms with van der Waals surface area (Å²) < 4.78 is 10.1. The quantitative estimate of drug-likeness (QED) is 0.761. The molecule has 0 fully saturated rings. The molecular formula is C15H13N5O3. The van der Waals surface area contributed by atoms with Crippen molar-refractivity contribution in [1.82, 2.24) is 25.4 Å². The summed E-state index contributed by atoms with van der Waals surface area (Å²) >= 11 is 0. The Labute approximate surface area is 131 Å². The van der Waals surface area contributed by atoms with E-state index in [9.17, 15) is 4.79 Å². The highest BCUT2D eigenvalue weighted by atomic mass is 16.5. The standard InChI is InChI=1S/C15H13N5O3/c1-22-11-4-2-3-10(7-11)8-18-14(21)15-19-13(20-23-15)12-9-16-5-6-17-12/h2-7,9H,8H2,1H3,(H,18,21). The molecule has 3 rings (SSSR count). The van der Waals surface area contributed by atoms with Gasteiger partial charge in [0.25, 0.3) is 0 Å². The number of methoxy groups -OCH3 is 1. The van der Waals surface area contributed by atoms with E-state index in [4.69, 9.17) is 9.26 Å². The molecule has 0 saturated heterocycles. The zero-order valence-corrected chi connectivity index (χ0v) is 12.3. The van der Waals surface area contributed by atoms with E-state index in [0.717, 1.165) is 11.3 Å². The van der Waals surface area contributed by atoms with Gasteiger partial charge in [-0.1, -0.05) is 17.3 Å². The number of amides is 1. The molecule has 1 amide bonds. The lowest BCUT2D eigenvalue weighted by Crippen LogP contribution is -2.23.